The van der Waals surface area contributed by atoms with Crippen LogP contribution in [0.5, 0.6) is 0 Å². The zero-order valence-corrected chi connectivity index (χ0v) is 12.7. The maximum atomic E-state index is 11.7. The van der Waals surface area contributed by atoms with Crippen LogP contribution in [0.25, 0.3) is 0 Å². The van der Waals surface area contributed by atoms with E-state index in [1.807, 2.05) is 10.8 Å². The highest BCUT2D eigenvalue weighted by Crippen LogP contribution is 2.26. The number of aryl methyl sites for hydroxylation is 1. The molecule has 0 aromatic carbocycles. The lowest BCUT2D eigenvalue weighted by Crippen LogP contribution is -2.30. The molecule has 0 radical (unpaired) electrons. The van der Waals surface area contributed by atoms with Crippen molar-refractivity contribution in [2.24, 2.45) is 11.8 Å². The average molecular weight is 312 g/mol. The van der Waals surface area contributed by atoms with E-state index in [2.05, 4.69) is 4.98 Å². The Kier molecular flexibility index (Phi) is 3.77. The second-order valence-corrected chi connectivity index (χ2v) is 8.41. The lowest BCUT2D eigenvalue weighted by Gasteiger charge is -2.25. The summed E-state index contributed by atoms with van der Waals surface area (Å²) in [5.74, 6) is 0.363. The number of hydrogen-bond acceptors (Lipinski definition) is 4. The lowest BCUT2D eigenvalue weighted by atomic mass is 9.97. The summed E-state index contributed by atoms with van der Waals surface area (Å²) in [5, 5.41) is 9.17. The molecule has 21 heavy (non-hydrogen) atoms. The van der Waals surface area contributed by atoms with Crippen molar-refractivity contribution in [3.05, 3.63) is 17.7 Å². The van der Waals surface area contributed by atoms with Crippen LogP contribution in [0.2, 0.25) is 0 Å². The third-order valence-electron chi connectivity index (χ3n) is 4.55. The molecular formula is C14H20N2O4S. The molecule has 2 atom stereocenters. The lowest BCUT2D eigenvalue weighted by molar-refractivity contribution is -0.142. The fraction of sp³-hybridized carbons (Fsp3) is 0.714. The molecule has 0 saturated carbocycles. The van der Waals surface area contributed by atoms with Gasteiger partial charge in [0.1, 0.15) is 5.82 Å². The molecule has 1 saturated heterocycles. The van der Waals surface area contributed by atoms with Gasteiger partial charge in [-0.15, -0.1) is 0 Å². The minimum Gasteiger partial charge on any atom is -0.481 e. The van der Waals surface area contributed by atoms with Crippen LogP contribution in [0.4, 0.5) is 0 Å². The highest BCUT2D eigenvalue weighted by Gasteiger charge is 2.29. The van der Waals surface area contributed by atoms with Crippen LogP contribution < -0.4 is 0 Å². The summed E-state index contributed by atoms with van der Waals surface area (Å²) in [4.78, 5) is 15.6. The summed E-state index contributed by atoms with van der Waals surface area (Å²) >= 11 is 0. The molecule has 2 aliphatic rings. The van der Waals surface area contributed by atoms with Crippen LogP contribution in [0, 0.1) is 11.8 Å². The van der Waals surface area contributed by atoms with E-state index in [-0.39, 0.29) is 17.6 Å². The van der Waals surface area contributed by atoms with Crippen molar-refractivity contribution in [1.29, 1.82) is 0 Å². The van der Waals surface area contributed by atoms with E-state index in [1.54, 1.807) is 0 Å². The van der Waals surface area contributed by atoms with Crippen molar-refractivity contribution >= 4 is 15.8 Å². The topological polar surface area (TPSA) is 89.3 Å². The molecule has 3 rings (SSSR count). The Bertz CT molecular complexity index is 650. The van der Waals surface area contributed by atoms with Gasteiger partial charge in [0, 0.05) is 24.9 Å². The fourth-order valence-corrected chi connectivity index (χ4v) is 5.19. The Morgan fingerprint density at radius 1 is 1.43 bits per heavy atom. The van der Waals surface area contributed by atoms with Gasteiger partial charge >= 0.3 is 5.97 Å². The Morgan fingerprint density at radius 3 is 2.95 bits per heavy atom. The zero-order valence-electron chi connectivity index (χ0n) is 11.9. The van der Waals surface area contributed by atoms with Crippen LogP contribution in [-0.4, -0.2) is 40.6 Å². The minimum absolute atomic E-state index is 0.112. The van der Waals surface area contributed by atoms with E-state index in [9.17, 15) is 13.2 Å². The van der Waals surface area contributed by atoms with Gasteiger partial charge in [0.25, 0.3) is 0 Å². The molecule has 0 amide bonds. The van der Waals surface area contributed by atoms with Crippen molar-refractivity contribution in [3.63, 3.8) is 0 Å². The summed E-state index contributed by atoms with van der Waals surface area (Å²) in [6.07, 6.45) is 5.45. The second kappa shape index (κ2) is 5.44. The molecule has 0 aliphatic carbocycles. The van der Waals surface area contributed by atoms with Gasteiger partial charge in [-0.05, 0) is 31.6 Å². The Hall–Kier alpha value is -1.37. The maximum Gasteiger partial charge on any atom is 0.308 e. The molecule has 6 nitrogen and oxygen atoms in total. The molecule has 3 heterocycles. The van der Waals surface area contributed by atoms with Gasteiger partial charge in [0.2, 0.25) is 0 Å². The molecule has 2 unspecified atom stereocenters. The number of carbonyl (C=O) groups is 1. The first-order valence-electron chi connectivity index (χ1n) is 7.41. The standard InChI is InChI=1S/C14H20N2O4S/c17-14(18)11-3-4-12-7-15-13(16(12)8-11)6-10-2-1-5-21(19,20)9-10/h7,10-11H,1-6,8-9H2,(H,17,18). The normalized spacial score (nSPS) is 28.0. The van der Waals surface area contributed by atoms with E-state index < -0.39 is 15.8 Å². The molecule has 1 aromatic heterocycles. The first-order valence-corrected chi connectivity index (χ1v) is 9.23. The first-order chi connectivity index (χ1) is 9.94. The van der Waals surface area contributed by atoms with Gasteiger partial charge < -0.3 is 9.67 Å². The monoisotopic (exact) mass is 312 g/mol. The molecule has 0 bridgehead atoms. The highest BCUT2D eigenvalue weighted by atomic mass is 32.2. The number of carboxylic acids is 1. The highest BCUT2D eigenvalue weighted by molar-refractivity contribution is 7.91. The first kappa shape index (κ1) is 14.6. The van der Waals surface area contributed by atoms with Crippen molar-refractivity contribution in [3.8, 4) is 0 Å². The predicted molar refractivity (Wildman–Crippen MR) is 76.8 cm³/mol. The number of aromatic nitrogens is 2. The van der Waals surface area contributed by atoms with Crippen molar-refractivity contribution < 1.29 is 18.3 Å². The van der Waals surface area contributed by atoms with Gasteiger partial charge in [-0.25, -0.2) is 13.4 Å². The number of carboxylic acid groups (broad SMARTS) is 1. The van der Waals surface area contributed by atoms with Crippen molar-refractivity contribution in [2.45, 2.75) is 38.6 Å². The molecule has 2 aliphatic heterocycles. The largest absolute Gasteiger partial charge is 0.481 e. The number of hydrogen-bond donors (Lipinski definition) is 1. The van der Waals surface area contributed by atoms with Gasteiger partial charge in [-0.2, -0.15) is 0 Å². The second-order valence-electron chi connectivity index (χ2n) is 6.18. The number of imidazole rings is 1. The van der Waals surface area contributed by atoms with Crippen molar-refractivity contribution in [2.75, 3.05) is 11.5 Å². The number of fused-ring (bicyclic) bond motifs is 1. The molecule has 116 valence electrons. The summed E-state index contributed by atoms with van der Waals surface area (Å²) < 4.78 is 25.4. The predicted octanol–water partition coefficient (Wildman–Crippen LogP) is 0.897. The van der Waals surface area contributed by atoms with Crippen molar-refractivity contribution in [1.82, 2.24) is 9.55 Å². The molecule has 1 N–H and O–H groups in total. The minimum atomic E-state index is -2.91. The smallest absolute Gasteiger partial charge is 0.308 e. The van der Waals surface area contributed by atoms with E-state index in [0.717, 1.165) is 30.8 Å². The summed E-state index contributed by atoms with van der Waals surface area (Å²) in [6.45, 7) is 0.458. The Balaban J connectivity index is 1.76. The van der Waals surface area contributed by atoms with Crippen LogP contribution in [0.3, 0.4) is 0 Å². The average Bonchev–Trinajstić information content (AvgIpc) is 2.80. The number of rotatable bonds is 3. The molecule has 0 spiro atoms. The van der Waals surface area contributed by atoms with Gasteiger partial charge in [-0.1, -0.05) is 0 Å². The van der Waals surface area contributed by atoms with E-state index in [1.165, 1.54) is 0 Å². The van der Waals surface area contributed by atoms with E-state index in [4.69, 9.17) is 5.11 Å². The molecule has 7 heteroatoms. The van der Waals surface area contributed by atoms with Crippen LogP contribution in [0.15, 0.2) is 6.20 Å². The third kappa shape index (κ3) is 3.12. The van der Waals surface area contributed by atoms with Gasteiger partial charge in [0.15, 0.2) is 9.84 Å². The van der Waals surface area contributed by atoms with Crippen LogP contribution in [-0.2, 0) is 34.0 Å². The zero-order chi connectivity index (χ0) is 15.0. The van der Waals surface area contributed by atoms with E-state index in [0.29, 0.717) is 25.1 Å². The van der Waals surface area contributed by atoms with Crippen LogP contribution in [0.1, 0.15) is 30.8 Å². The van der Waals surface area contributed by atoms with Gasteiger partial charge in [-0.3, -0.25) is 4.79 Å². The van der Waals surface area contributed by atoms with Gasteiger partial charge in [0.05, 0.1) is 17.4 Å². The van der Waals surface area contributed by atoms with E-state index >= 15 is 0 Å². The summed E-state index contributed by atoms with van der Waals surface area (Å²) in [6, 6.07) is 0. The fourth-order valence-electron chi connectivity index (χ4n) is 3.41. The summed E-state index contributed by atoms with van der Waals surface area (Å²) in [7, 11) is -2.91. The number of sulfone groups is 1. The summed E-state index contributed by atoms with van der Waals surface area (Å²) in [5.41, 5.74) is 1.07. The quantitative estimate of drug-likeness (QED) is 0.895. The molecule has 1 fully saturated rings. The SMILES string of the molecule is O=C(O)C1CCc2cnc(CC3CCCS(=O)(=O)C3)n2C1. The van der Waals surface area contributed by atoms with Crippen LogP contribution >= 0.6 is 0 Å². The molecule has 1 aromatic rings. The Morgan fingerprint density at radius 2 is 2.24 bits per heavy atom. The molecular weight excluding hydrogens is 292 g/mol. The third-order valence-corrected chi connectivity index (χ3v) is 6.44. The maximum absolute atomic E-state index is 11.7. The Labute approximate surface area is 124 Å². The number of aliphatic carboxylic acids is 1. The number of nitrogens with zero attached hydrogens (tertiary/aromatic N) is 2.